The van der Waals surface area contributed by atoms with Gasteiger partial charge >= 0.3 is 0 Å². The second kappa shape index (κ2) is 9.66. The summed E-state index contributed by atoms with van der Waals surface area (Å²) in [6.07, 6.45) is 0. The third-order valence-electron chi connectivity index (χ3n) is 3.06. The summed E-state index contributed by atoms with van der Waals surface area (Å²) in [7, 11) is 0. The highest BCUT2D eigenvalue weighted by Gasteiger charge is 2.04. The van der Waals surface area contributed by atoms with Crippen LogP contribution in [0.4, 0.5) is 0 Å². The summed E-state index contributed by atoms with van der Waals surface area (Å²) in [6.45, 7) is 0.507. The molecule has 23 heavy (non-hydrogen) atoms. The molecule has 0 spiro atoms. The number of carbonyl (C=O) groups is 2. The Morgan fingerprint density at radius 1 is 1.00 bits per heavy atom. The molecule has 0 aliphatic carbocycles. The van der Waals surface area contributed by atoms with Gasteiger partial charge in [0.05, 0.1) is 19.6 Å². The Labute approximate surface area is 140 Å². The third-order valence-corrected chi connectivity index (χ3v) is 3.06. The maximum atomic E-state index is 11.5. The number of fused-ring (bicyclic) bond motifs is 1. The van der Waals surface area contributed by atoms with E-state index in [1.807, 2.05) is 42.5 Å². The SMILES string of the molecule is Cl.NCC(=O)NCC(=O)NCCOc1cccc2ccccc12. The molecule has 7 heteroatoms. The van der Waals surface area contributed by atoms with Gasteiger partial charge in [0.15, 0.2) is 0 Å². The van der Waals surface area contributed by atoms with Gasteiger partial charge in [-0.1, -0.05) is 36.4 Å². The average molecular weight is 338 g/mol. The van der Waals surface area contributed by atoms with Crippen LogP contribution in [0.2, 0.25) is 0 Å². The number of amides is 2. The molecule has 0 atom stereocenters. The first-order chi connectivity index (χ1) is 10.7. The first-order valence-corrected chi connectivity index (χ1v) is 7.04. The quantitative estimate of drug-likeness (QED) is 0.652. The van der Waals surface area contributed by atoms with Crippen LogP contribution in [0, 0.1) is 0 Å². The molecule has 0 radical (unpaired) electrons. The lowest BCUT2D eigenvalue weighted by molar-refractivity contribution is -0.125. The number of ether oxygens (including phenoxy) is 1. The molecule has 2 amide bonds. The molecule has 0 aliphatic heterocycles. The number of nitrogens with two attached hydrogens (primary N) is 1. The molecule has 0 fully saturated rings. The van der Waals surface area contributed by atoms with E-state index in [2.05, 4.69) is 10.6 Å². The first kappa shape index (κ1) is 18.7. The zero-order valence-corrected chi connectivity index (χ0v) is 13.4. The van der Waals surface area contributed by atoms with Gasteiger partial charge in [-0.2, -0.15) is 0 Å². The van der Waals surface area contributed by atoms with Crippen LogP contribution in [-0.2, 0) is 9.59 Å². The van der Waals surface area contributed by atoms with Crippen LogP contribution in [0.1, 0.15) is 0 Å². The van der Waals surface area contributed by atoms with Crippen molar-refractivity contribution in [3.8, 4) is 5.75 Å². The van der Waals surface area contributed by atoms with E-state index in [9.17, 15) is 9.59 Å². The van der Waals surface area contributed by atoms with Crippen LogP contribution in [0.5, 0.6) is 5.75 Å². The first-order valence-electron chi connectivity index (χ1n) is 7.04. The van der Waals surface area contributed by atoms with Crippen LogP contribution in [0.15, 0.2) is 42.5 Å². The van der Waals surface area contributed by atoms with E-state index in [1.54, 1.807) is 0 Å². The van der Waals surface area contributed by atoms with Gasteiger partial charge in [0, 0.05) is 5.39 Å². The summed E-state index contributed by atoms with van der Waals surface area (Å²) in [5.74, 6) is 0.147. The zero-order chi connectivity index (χ0) is 15.8. The normalized spacial score (nSPS) is 9.78. The van der Waals surface area contributed by atoms with E-state index in [-0.39, 0.29) is 37.3 Å². The molecular formula is C16H20ClN3O3. The predicted molar refractivity (Wildman–Crippen MR) is 91.8 cm³/mol. The fourth-order valence-corrected chi connectivity index (χ4v) is 1.99. The van der Waals surface area contributed by atoms with E-state index < -0.39 is 0 Å². The highest BCUT2D eigenvalue weighted by atomic mass is 35.5. The Kier molecular flexibility index (Phi) is 7.87. The van der Waals surface area contributed by atoms with Crippen molar-refractivity contribution in [3.05, 3.63) is 42.5 Å². The van der Waals surface area contributed by atoms with Crippen LogP contribution in [-0.4, -0.2) is 38.1 Å². The number of halogens is 1. The topological polar surface area (TPSA) is 93.5 Å². The fraction of sp³-hybridized carbons (Fsp3) is 0.250. The fourth-order valence-electron chi connectivity index (χ4n) is 1.99. The monoisotopic (exact) mass is 337 g/mol. The molecule has 2 rings (SSSR count). The lowest BCUT2D eigenvalue weighted by Gasteiger charge is -2.10. The van der Waals surface area contributed by atoms with Gasteiger partial charge in [0.1, 0.15) is 12.4 Å². The molecule has 0 heterocycles. The zero-order valence-electron chi connectivity index (χ0n) is 12.6. The summed E-state index contributed by atoms with van der Waals surface area (Å²) in [6, 6.07) is 13.8. The molecule has 4 N–H and O–H groups in total. The highest BCUT2D eigenvalue weighted by Crippen LogP contribution is 2.24. The second-order valence-electron chi connectivity index (χ2n) is 4.66. The minimum atomic E-state index is -0.359. The van der Waals surface area contributed by atoms with Gasteiger partial charge in [-0.3, -0.25) is 9.59 Å². The molecule has 2 aromatic rings. The van der Waals surface area contributed by atoms with Gasteiger partial charge < -0.3 is 21.1 Å². The Bertz CT molecular complexity index is 659. The molecule has 0 saturated heterocycles. The van der Waals surface area contributed by atoms with Crippen molar-refractivity contribution >= 4 is 35.0 Å². The van der Waals surface area contributed by atoms with Gasteiger partial charge in [-0.05, 0) is 11.5 Å². The minimum Gasteiger partial charge on any atom is -0.491 e. The Balaban J connectivity index is 0.00000264. The smallest absolute Gasteiger partial charge is 0.239 e. The summed E-state index contributed by atoms with van der Waals surface area (Å²) in [4.78, 5) is 22.4. The number of benzene rings is 2. The van der Waals surface area contributed by atoms with E-state index >= 15 is 0 Å². The molecule has 0 bridgehead atoms. The molecule has 0 aliphatic rings. The summed E-state index contributed by atoms with van der Waals surface area (Å²) in [5.41, 5.74) is 5.13. The molecule has 124 valence electrons. The van der Waals surface area contributed by atoms with E-state index in [0.717, 1.165) is 16.5 Å². The van der Waals surface area contributed by atoms with E-state index in [4.69, 9.17) is 10.5 Å². The van der Waals surface area contributed by atoms with Crippen molar-refractivity contribution in [3.63, 3.8) is 0 Å². The van der Waals surface area contributed by atoms with Gasteiger partial charge in [-0.25, -0.2) is 0 Å². The summed E-state index contributed by atoms with van der Waals surface area (Å²) >= 11 is 0. The summed E-state index contributed by atoms with van der Waals surface area (Å²) < 4.78 is 5.69. The Morgan fingerprint density at radius 3 is 2.52 bits per heavy atom. The van der Waals surface area contributed by atoms with Crippen LogP contribution in [0.25, 0.3) is 10.8 Å². The third kappa shape index (κ3) is 5.77. The second-order valence-corrected chi connectivity index (χ2v) is 4.66. The molecule has 0 saturated carbocycles. The standard InChI is InChI=1S/C16H19N3O3.ClH/c17-10-15(20)19-11-16(21)18-8-9-22-14-7-3-5-12-4-1-2-6-13(12)14;/h1-7H,8-11,17H2,(H,18,21)(H,19,20);1H. The largest absolute Gasteiger partial charge is 0.491 e. The molecule has 0 aromatic heterocycles. The number of hydrogen-bond acceptors (Lipinski definition) is 4. The van der Waals surface area contributed by atoms with Gasteiger partial charge in [0.25, 0.3) is 0 Å². The van der Waals surface area contributed by atoms with Crippen LogP contribution < -0.4 is 21.1 Å². The van der Waals surface area contributed by atoms with E-state index in [0.29, 0.717) is 13.2 Å². The van der Waals surface area contributed by atoms with Crippen molar-refractivity contribution in [2.24, 2.45) is 5.73 Å². The predicted octanol–water partition coefficient (Wildman–Crippen LogP) is 0.831. The molecular weight excluding hydrogens is 318 g/mol. The number of rotatable bonds is 7. The maximum absolute atomic E-state index is 11.5. The number of hydrogen-bond donors (Lipinski definition) is 3. The van der Waals surface area contributed by atoms with Crippen molar-refractivity contribution in [1.29, 1.82) is 0 Å². The molecule has 6 nitrogen and oxygen atoms in total. The Hall–Kier alpha value is -2.31. The van der Waals surface area contributed by atoms with Crippen molar-refractivity contribution in [1.82, 2.24) is 10.6 Å². The lowest BCUT2D eigenvalue weighted by atomic mass is 10.1. The van der Waals surface area contributed by atoms with Crippen LogP contribution >= 0.6 is 12.4 Å². The minimum absolute atomic E-state index is 0. The van der Waals surface area contributed by atoms with Gasteiger partial charge in [-0.15, -0.1) is 12.4 Å². The highest BCUT2D eigenvalue weighted by molar-refractivity contribution is 5.88. The molecule has 0 unspecified atom stereocenters. The lowest BCUT2D eigenvalue weighted by Crippen LogP contribution is -2.40. The summed E-state index contributed by atoms with van der Waals surface area (Å²) in [5, 5.41) is 7.20. The number of nitrogens with one attached hydrogen (secondary N) is 2. The van der Waals surface area contributed by atoms with Gasteiger partial charge in [0.2, 0.25) is 11.8 Å². The van der Waals surface area contributed by atoms with E-state index in [1.165, 1.54) is 0 Å². The van der Waals surface area contributed by atoms with Crippen molar-refractivity contribution < 1.29 is 14.3 Å². The average Bonchev–Trinajstić information content (AvgIpc) is 2.56. The van der Waals surface area contributed by atoms with Crippen molar-refractivity contribution in [2.45, 2.75) is 0 Å². The van der Waals surface area contributed by atoms with Crippen molar-refractivity contribution in [2.75, 3.05) is 26.2 Å². The number of carbonyl (C=O) groups excluding carboxylic acids is 2. The van der Waals surface area contributed by atoms with Crippen LogP contribution in [0.3, 0.4) is 0 Å². The maximum Gasteiger partial charge on any atom is 0.239 e. The Morgan fingerprint density at radius 2 is 1.74 bits per heavy atom. The molecule has 2 aromatic carbocycles.